The van der Waals surface area contributed by atoms with Gasteiger partial charge in [0.05, 0.1) is 6.04 Å². The third-order valence-corrected chi connectivity index (χ3v) is 5.28. The molecule has 0 bridgehead atoms. The largest absolute Gasteiger partial charge is 0.465 e. The van der Waals surface area contributed by atoms with Crippen molar-refractivity contribution in [2.75, 3.05) is 13.1 Å². The van der Waals surface area contributed by atoms with Gasteiger partial charge in [-0.1, -0.05) is 0 Å². The lowest BCUT2D eigenvalue weighted by Gasteiger charge is -2.38. The molecule has 2 saturated heterocycles. The quantitative estimate of drug-likeness (QED) is 0.688. The maximum absolute atomic E-state index is 12.4. The molecular weight excluding hydrogens is 372 g/mol. The summed E-state index contributed by atoms with van der Waals surface area (Å²) in [6.07, 6.45) is 0.340. The number of hydrogen-bond donors (Lipinski definition) is 2. The number of carbonyl (C=O) groups is 3. The molecule has 2 aliphatic heterocycles. The van der Waals surface area contributed by atoms with Crippen molar-refractivity contribution in [1.29, 1.82) is 0 Å². The summed E-state index contributed by atoms with van der Waals surface area (Å²) in [6, 6.07) is -0.809. The number of rotatable bonds is 1. The van der Waals surface area contributed by atoms with Gasteiger partial charge >= 0.3 is 6.09 Å². The fourth-order valence-electron chi connectivity index (χ4n) is 3.83. The topological polar surface area (TPSA) is 107 Å². The summed E-state index contributed by atoms with van der Waals surface area (Å²) in [5, 5.41) is 9.33. The minimum absolute atomic E-state index is 0.0643. The second-order valence-electron chi connectivity index (χ2n) is 10.8. The molecule has 0 aromatic heterocycles. The zero-order valence-electron chi connectivity index (χ0n) is 19.6. The Hall–Kier alpha value is -1.83. The highest BCUT2D eigenvalue weighted by molar-refractivity contribution is 5.88. The van der Waals surface area contributed by atoms with Gasteiger partial charge < -0.3 is 20.6 Å². The van der Waals surface area contributed by atoms with E-state index in [1.165, 1.54) is 4.90 Å². The maximum atomic E-state index is 12.4. The van der Waals surface area contributed by atoms with Crippen molar-refractivity contribution in [2.45, 2.75) is 104 Å². The molecule has 2 rings (SSSR count). The number of amides is 3. The van der Waals surface area contributed by atoms with Crippen LogP contribution in [0.25, 0.3) is 0 Å². The van der Waals surface area contributed by atoms with Gasteiger partial charge in [0.25, 0.3) is 0 Å². The Morgan fingerprint density at radius 3 is 1.55 bits per heavy atom. The van der Waals surface area contributed by atoms with Crippen LogP contribution in [0, 0.1) is 0 Å². The summed E-state index contributed by atoms with van der Waals surface area (Å²) in [6.45, 7) is 18.9. The van der Waals surface area contributed by atoms with Crippen LogP contribution in [0.2, 0.25) is 0 Å². The first-order chi connectivity index (χ1) is 12.9. The molecule has 2 fully saturated rings. The lowest BCUT2D eigenvalue weighted by Crippen LogP contribution is -2.55. The van der Waals surface area contributed by atoms with Crippen molar-refractivity contribution in [1.82, 2.24) is 14.7 Å². The van der Waals surface area contributed by atoms with Gasteiger partial charge in [-0.25, -0.2) is 4.79 Å². The molecule has 0 radical (unpaired) electrons. The van der Waals surface area contributed by atoms with Crippen molar-refractivity contribution < 1.29 is 19.5 Å². The molecule has 2 heterocycles. The van der Waals surface area contributed by atoms with E-state index >= 15 is 0 Å². The fourth-order valence-corrected chi connectivity index (χ4v) is 3.83. The van der Waals surface area contributed by atoms with E-state index in [1.807, 2.05) is 67.2 Å². The monoisotopic (exact) mass is 412 g/mol. The Morgan fingerprint density at radius 1 is 0.897 bits per heavy atom. The second kappa shape index (κ2) is 8.50. The van der Waals surface area contributed by atoms with Gasteiger partial charge in [-0.2, -0.15) is 0 Å². The molecule has 2 aliphatic rings. The van der Waals surface area contributed by atoms with Gasteiger partial charge in [0, 0.05) is 29.7 Å². The van der Waals surface area contributed by atoms with E-state index in [4.69, 9.17) is 5.73 Å². The van der Waals surface area contributed by atoms with Gasteiger partial charge in [-0.3, -0.25) is 14.5 Å². The third kappa shape index (κ3) is 6.07. The number of carboxylic acid groups (broad SMARTS) is 1. The highest BCUT2D eigenvalue weighted by atomic mass is 16.4. The molecule has 3 N–H and O–H groups in total. The summed E-state index contributed by atoms with van der Waals surface area (Å²) in [4.78, 5) is 40.0. The molecule has 3 amide bonds. The molecule has 0 aromatic carbocycles. The molecule has 0 saturated carbocycles. The van der Waals surface area contributed by atoms with Crippen LogP contribution in [0.1, 0.15) is 75.2 Å². The molecule has 0 aromatic rings. The minimum Gasteiger partial charge on any atom is -0.465 e. The molecule has 0 aliphatic carbocycles. The van der Waals surface area contributed by atoms with Crippen LogP contribution < -0.4 is 5.73 Å². The van der Waals surface area contributed by atoms with Crippen LogP contribution in [0.5, 0.6) is 0 Å². The molecule has 2 atom stereocenters. The van der Waals surface area contributed by atoms with Crippen LogP contribution >= 0.6 is 0 Å². The SMILES string of the molecule is CC(C)(C)N1CCC(N(C(=O)O)C(C)(C)C)C1=O.CC(C)(C)N1CCC(N)C1=O. The zero-order chi connectivity index (χ0) is 22.9. The minimum atomic E-state index is -1.03. The Bertz CT molecular complexity index is 628. The number of carbonyl (C=O) groups excluding carboxylic acids is 2. The maximum Gasteiger partial charge on any atom is 0.408 e. The van der Waals surface area contributed by atoms with E-state index in [0.717, 1.165) is 13.0 Å². The standard InChI is InChI=1S/C13H24N2O3.C8H16N2O/c1-12(2,3)14-8-7-9(10(14)16)15(11(17)18)13(4,5)6;1-8(2,3)10-5-4-6(9)7(10)11/h9H,7-8H2,1-6H3,(H,17,18);6H,4-5,9H2,1-3H3. The van der Waals surface area contributed by atoms with E-state index in [0.29, 0.717) is 13.0 Å². The lowest BCUT2D eigenvalue weighted by atomic mass is 10.0. The number of nitrogens with zero attached hydrogens (tertiary/aromatic N) is 3. The van der Waals surface area contributed by atoms with Crippen LogP contribution in [-0.2, 0) is 9.59 Å². The third-order valence-electron chi connectivity index (χ3n) is 5.28. The van der Waals surface area contributed by atoms with Gasteiger partial charge in [-0.05, 0) is 75.2 Å². The first-order valence-corrected chi connectivity index (χ1v) is 10.3. The van der Waals surface area contributed by atoms with Crippen LogP contribution in [-0.4, -0.2) is 79.5 Å². The molecule has 0 spiro atoms. The Balaban J connectivity index is 0.000000326. The van der Waals surface area contributed by atoms with Gasteiger partial charge in [0.2, 0.25) is 11.8 Å². The summed E-state index contributed by atoms with van der Waals surface area (Å²) >= 11 is 0. The first kappa shape index (κ1) is 25.2. The van der Waals surface area contributed by atoms with Crippen LogP contribution in [0.4, 0.5) is 4.79 Å². The molecule has 168 valence electrons. The lowest BCUT2D eigenvalue weighted by molar-refractivity contribution is -0.137. The van der Waals surface area contributed by atoms with Crippen LogP contribution in [0.15, 0.2) is 0 Å². The molecule has 29 heavy (non-hydrogen) atoms. The number of nitrogens with two attached hydrogens (primary N) is 1. The summed E-state index contributed by atoms with van der Waals surface area (Å²) < 4.78 is 0. The van der Waals surface area contributed by atoms with Gasteiger partial charge in [-0.15, -0.1) is 0 Å². The zero-order valence-corrected chi connectivity index (χ0v) is 19.6. The normalized spacial score (nSPS) is 23.2. The van der Waals surface area contributed by atoms with Crippen LogP contribution in [0.3, 0.4) is 0 Å². The highest BCUT2D eigenvalue weighted by Gasteiger charge is 2.45. The summed E-state index contributed by atoms with van der Waals surface area (Å²) in [5.74, 6) is 0.0114. The van der Waals surface area contributed by atoms with E-state index in [-0.39, 0.29) is 28.9 Å². The molecule has 2 unspecified atom stereocenters. The average molecular weight is 413 g/mol. The van der Waals surface area contributed by atoms with Crippen molar-refractivity contribution in [3.63, 3.8) is 0 Å². The Labute approximate surface area is 175 Å². The van der Waals surface area contributed by atoms with Gasteiger partial charge in [0.15, 0.2) is 0 Å². The summed E-state index contributed by atoms with van der Waals surface area (Å²) in [5.41, 5.74) is 4.68. The van der Waals surface area contributed by atoms with Crippen molar-refractivity contribution in [3.05, 3.63) is 0 Å². The van der Waals surface area contributed by atoms with Crippen molar-refractivity contribution in [3.8, 4) is 0 Å². The number of hydrogen-bond acceptors (Lipinski definition) is 4. The summed E-state index contributed by atoms with van der Waals surface area (Å²) in [7, 11) is 0. The first-order valence-electron chi connectivity index (χ1n) is 10.3. The van der Waals surface area contributed by atoms with E-state index in [2.05, 4.69) is 0 Å². The number of likely N-dealkylation sites (tertiary alicyclic amines) is 2. The van der Waals surface area contributed by atoms with E-state index in [1.54, 1.807) is 4.90 Å². The van der Waals surface area contributed by atoms with Crippen molar-refractivity contribution >= 4 is 17.9 Å². The van der Waals surface area contributed by atoms with E-state index in [9.17, 15) is 19.5 Å². The fraction of sp³-hybridized carbons (Fsp3) is 0.857. The van der Waals surface area contributed by atoms with E-state index < -0.39 is 17.7 Å². The Kier molecular flexibility index (Phi) is 7.39. The smallest absolute Gasteiger partial charge is 0.408 e. The predicted molar refractivity (Wildman–Crippen MR) is 114 cm³/mol. The van der Waals surface area contributed by atoms with Gasteiger partial charge in [0.1, 0.15) is 6.04 Å². The van der Waals surface area contributed by atoms with Crippen molar-refractivity contribution in [2.24, 2.45) is 5.73 Å². The second-order valence-corrected chi connectivity index (χ2v) is 10.8. The molecular formula is C21H40N4O4. The molecule has 8 heteroatoms. The predicted octanol–water partition coefficient (Wildman–Crippen LogP) is 2.51. The highest BCUT2D eigenvalue weighted by Crippen LogP contribution is 2.29. The Morgan fingerprint density at radius 2 is 1.31 bits per heavy atom. The average Bonchev–Trinajstić information content (AvgIpc) is 3.01. The molecule has 8 nitrogen and oxygen atoms in total.